The van der Waals surface area contributed by atoms with Gasteiger partial charge in [0.1, 0.15) is 4.32 Å². The van der Waals surface area contributed by atoms with Crippen molar-refractivity contribution in [3.05, 3.63) is 75.3 Å². The predicted molar refractivity (Wildman–Crippen MR) is 141 cm³/mol. The zero-order valence-corrected chi connectivity index (χ0v) is 20.8. The predicted octanol–water partition coefficient (Wildman–Crippen LogP) is 6.29. The van der Waals surface area contributed by atoms with Crippen LogP contribution in [0.1, 0.15) is 36.5 Å². The van der Waals surface area contributed by atoms with Crippen molar-refractivity contribution in [1.29, 1.82) is 0 Å². The largest absolute Gasteiger partial charge is 0.376 e. The number of ether oxygens (including phenoxy) is 1. The van der Waals surface area contributed by atoms with Crippen molar-refractivity contribution in [3.63, 3.8) is 0 Å². The number of carbonyl (C=O) groups is 1. The number of nitrogens with zero attached hydrogens (tertiary/aromatic N) is 2. The topological polar surface area (TPSA) is 34.5 Å². The number of hydrogen-bond donors (Lipinski definition) is 0. The van der Waals surface area contributed by atoms with Gasteiger partial charge in [-0.15, -0.1) is 0 Å². The second kappa shape index (κ2) is 9.63. The quantitative estimate of drug-likeness (QED) is 0.297. The van der Waals surface area contributed by atoms with E-state index < -0.39 is 0 Å². The molecule has 1 aromatic heterocycles. The number of benzene rings is 2. The number of amides is 1. The lowest BCUT2D eigenvalue weighted by Crippen LogP contribution is -2.35. The Kier molecular flexibility index (Phi) is 6.61. The van der Waals surface area contributed by atoms with Gasteiger partial charge in [0.15, 0.2) is 0 Å². The van der Waals surface area contributed by atoms with Crippen LogP contribution in [0.3, 0.4) is 0 Å². The molecule has 3 heterocycles. The first-order valence-electron chi connectivity index (χ1n) is 11.3. The van der Waals surface area contributed by atoms with Crippen LogP contribution in [0, 0.1) is 0 Å². The maximum absolute atomic E-state index is 13.2. The van der Waals surface area contributed by atoms with Crippen LogP contribution < -0.4 is 0 Å². The number of carbonyl (C=O) groups excluding carboxylic acids is 1. The molecule has 4 nitrogen and oxygen atoms in total. The number of aromatic nitrogens is 1. The molecule has 0 unspecified atom stereocenters. The summed E-state index contributed by atoms with van der Waals surface area (Å²) in [6.45, 7) is 4.13. The highest BCUT2D eigenvalue weighted by molar-refractivity contribution is 8.26. The summed E-state index contributed by atoms with van der Waals surface area (Å²) in [5.41, 5.74) is 4.53. The highest BCUT2D eigenvalue weighted by Gasteiger charge is 2.34. The molecule has 33 heavy (non-hydrogen) atoms. The summed E-state index contributed by atoms with van der Waals surface area (Å²) in [7, 11) is 0. The summed E-state index contributed by atoms with van der Waals surface area (Å²) in [6.07, 6.45) is 7.13. The molecule has 2 aliphatic rings. The van der Waals surface area contributed by atoms with Crippen LogP contribution in [0.5, 0.6) is 0 Å². The Morgan fingerprint density at radius 1 is 1.21 bits per heavy atom. The van der Waals surface area contributed by atoms with Gasteiger partial charge in [-0.3, -0.25) is 9.69 Å². The average molecular weight is 497 g/mol. The van der Waals surface area contributed by atoms with Crippen LogP contribution in [0.2, 0.25) is 5.02 Å². The van der Waals surface area contributed by atoms with Crippen LogP contribution in [0.15, 0.2) is 53.6 Å². The maximum Gasteiger partial charge on any atom is 0.266 e. The number of thiocarbonyl (C=S) groups is 1. The van der Waals surface area contributed by atoms with E-state index in [4.69, 9.17) is 28.6 Å². The van der Waals surface area contributed by atoms with Gasteiger partial charge in [-0.05, 0) is 42.5 Å². The molecular weight excluding hydrogens is 472 g/mol. The van der Waals surface area contributed by atoms with Gasteiger partial charge in [0.2, 0.25) is 0 Å². The number of para-hydroxylation sites is 1. The second-order valence-electron chi connectivity index (χ2n) is 8.40. The van der Waals surface area contributed by atoms with E-state index in [1.807, 2.05) is 24.3 Å². The fourth-order valence-electron chi connectivity index (χ4n) is 4.59. The maximum atomic E-state index is 13.2. The molecule has 1 amide bonds. The SMILES string of the molecule is CCc1cccc2c(/C=C3\SC(=S)N(C[C@@H]4CCCO4)C3=O)cn(Cc3ccccc3Cl)c12. The Labute approximate surface area is 208 Å². The van der Waals surface area contributed by atoms with Crippen molar-refractivity contribution in [1.82, 2.24) is 9.47 Å². The fraction of sp³-hybridized carbons (Fsp3) is 0.308. The molecular formula is C26H25ClN2O2S2. The standard InChI is InChI=1S/C26H25ClN2O2S2/c1-2-17-8-5-10-21-19(15-28(24(17)21)14-18-7-3-4-11-22(18)27)13-23-25(30)29(26(32)33-23)16-20-9-6-12-31-20/h3-5,7-8,10-11,13,15,20H,2,6,9,12,14,16H2,1H3/b23-13-/t20-/m0/s1. The molecule has 1 atom stereocenters. The lowest BCUT2D eigenvalue weighted by Gasteiger charge is -2.18. The Bertz CT molecular complexity index is 1260. The zero-order valence-electron chi connectivity index (χ0n) is 18.4. The van der Waals surface area contributed by atoms with E-state index in [0.29, 0.717) is 22.3 Å². The highest BCUT2D eigenvalue weighted by Crippen LogP contribution is 2.36. The minimum atomic E-state index is -0.0286. The molecule has 2 aromatic carbocycles. The van der Waals surface area contributed by atoms with Crippen LogP contribution in [-0.4, -0.2) is 39.0 Å². The molecule has 7 heteroatoms. The number of halogens is 1. The molecule has 170 valence electrons. The van der Waals surface area contributed by atoms with Gasteiger partial charge < -0.3 is 9.30 Å². The Morgan fingerprint density at radius 3 is 2.79 bits per heavy atom. The van der Waals surface area contributed by atoms with Gasteiger partial charge in [0.05, 0.1) is 23.1 Å². The van der Waals surface area contributed by atoms with Gasteiger partial charge in [0.25, 0.3) is 5.91 Å². The molecule has 3 aromatic rings. The van der Waals surface area contributed by atoms with Gasteiger partial charge in [0, 0.05) is 35.3 Å². The van der Waals surface area contributed by atoms with E-state index in [-0.39, 0.29) is 12.0 Å². The molecule has 0 aliphatic carbocycles. The number of fused-ring (bicyclic) bond motifs is 1. The van der Waals surface area contributed by atoms with E-state index >= 15 is 0 Å². The fourth-order valence-corrected chi connectivity index (χ4v) is 6.05. The van der Waals surface area contributed by atoms with Crippen LogP contribution in [-0.2, 0) is 22.5 Å². The number of aryl methyl sites for hydroxylation is 1. The highest BCUT2D eigenvalue weighted by atomic mass is 35.5. The van der Waals surface area contributed by atoms with E-state index in [1.165, 1.54) is 22.8 Å². The van der Waals surface area contributed by atoms with Gasteiger partial charge in [-0.1, -0.05) is 78.9 Å². The minimum Gasteiger partial charge on any atom is -0.376 e. The molecule has 0 bridgehead atoms. The number of thioether (sulfide) groups is 1. The Morgan fingerprint density at radius 2 is 2.03 bits per heavy atom. The molecule has 2 saturated heterocycles. The first-order valence-corrected chi connectivity index (χ1v) is 12.9. The average Bonchev–Trinajstić information content (AvgIpc) is 3.52. The molecule has 0 N–H and O–H groups in total. The first-order chi connectivity index (χ1) is 16.0. The second-order valence-corrected chi connectivity index (χ2v) is 10.5. The van der Waals surface area contributed by atoms with E-state index in [9.17, 15) is 4.79 Å². The molecule has 0 radical (unpaired) electrons. The molecule has 0 spiro atoms. The van der Waals surface area contributed by atoms with E-state index in [2.05, 4.69) is 42.0 Å². The minimum absolute atomic E-state index is 0.0286. The molecule has 0 saturated carbocycles. The molecule has 5 rings (SSSR count). The first kappa shape index (κ1) is 22.7. The third-order valence-corrected chi connectivity index (χ3v) is 8.01. The van der Waals surface area contributed by atoms with Crippen molar-refractivity contribution in [2.24, 2.45) is 0 Å². The summed E-state index contributed by atoms with van der Waals surface area (Å²) in [4.78, 5) is 15.5. The van der Waals surface area contributed by atoms with Crippen LogP contribution >= 0.6 is 35.6 Å². The summed E-state index contributed by atoms with van der Waals surface area (Å²) in [6, 6.07) is 14.3. The van der Waals surface area contributed by atoms with Crippen molar-refractivity contribution < 1.29 is 9.53 Å². The van der Waals surface area contributed by atoms with Gasteiger partial charge in [-0.2, -0.15) is 0 Å². The molecule has 2 aliphatic heterocycles. The molecule has 2 fully saturated rings. The van der Waals surface area contributed by atoms with Crippen LogP contribution in [0.4, 0.5) is 0 Å². The zero-order chi connectivity index (χ0) is 22.9. The lowest BCUT2D eigenvalue weighted by molar-refractivity contribution is -0.123. The summed E-state index contributed by atoms with van der Waals surface area (Å²) in [5.74, 6) is -0.0286. The third kappa shape index (κ3) is 4.50. The van der Waals surface area contributed by atoms with Crippen molar-refractivity contribution in [3.8, 4) is 0 Å². The summed E-state index contributed by atoms with van der Waals surface area (Å²) < 4.78 is 8.57. The number of rotatable bonds is 6. The smallest absolute Gasteiger partial charge is 0.266 e. The number of hydrogen-bond acceptors (Lipinski definition) is 4. The van der Waals surface area contributed by atoms with Gasteiger partial charge in [-0.25, -0.2) is 0 Å². The van der Waals surface area contributed by atoms with Crippen LogP contribution in [0.25, 0.3) is 17.0 Å². The van der Waals surface area contributed by atoms with Crippen molar-refractivity contribution in [2.45, 2.75) is 38.8 Å². The Balaban J connectivity index is 1.52. The van der Waals surface area contributed by atoms with Gasteiger partial charge >= 0.3 is 0 Å². The Hall–Kier alpha value is -2.12. The van der Waals surface area contributed by atoms with E-state index in [0.717, 1.165) is 47.4 Å². The van der Waals surface area contributed by atoms with Crippen molar-refractivity contribution in [2.75, 3.05) is 13.2 Å². The van der Waals surface area contributed by atoms with E-state index in [1.54, 1.807) is 4.90 Å². The third-order valence-electron chi connectivity index (χ3n) is 6.26. The summed E-state index contributed by atoms with van der Waals surface area (Å²) >= 11 is 13.4. The normalized spacial score (nSPS) is 20.0. The summed E-state index contributed by atoms with van der Waals surface area (Å²) in [5, 5.41) is 1.88. The monoisotopic (exact) mass is 496 g/mol. The van der Waals surface area contributed by atoms with Crippen molar-refractivity contribution >= 4 is 62.8 Å². The lowest BCUT2D eigenvalue weighted by atomic mass is 10.1.